The lowest BCUT2D eigenvalue weighted by atomic mass is 9.79. The first-order valence-corrected chi connectivity index (χ1v) is 9.23. The van der Waals surface area contributed by atoms with E-state index in [2.05, 4.69) is 16.7 Å². The highest BCUT2D eigenvalue weighted by atomic mass is 15.2. The molecule has 0 aromatic rings. The van der Waals surface area contributed by atoms with Crippen LogP contribution in [0.5, 0.6) is 0 Å². The molecule has 2 aliphatic heterocycles. The molecule has 20 heavy (non-hydrogen) atoms. The number of rotatable bonds is 4. The third kappa shape index (κ3) is 2.43. The number of piperidine rings is 1. The molecule has 0 radical (unpaired) electrons. The number of hydrogen-bond acceptors (Lipinski definition) is 2. The van der Waals surface area contributed by atoms with Crippen LogP contribution in [-0.4, -0.2) is 48.6 Å². The van der Waals surface area contributed by atoms with Gasteiger partial charge in [-0.2, -0.15) is 0 Å². The van der Waals surface area contributed by atoms with Gasteiger partial charge >= 0.3 is 0 Å². The molecule has 0 aromatic carbocycles. The van der Waals surface area contributed by atoms with Crippen LogP contribution in [0.2, 0.25) is 0 Å². The van der Waals surface area contributed by atoms with E-state index >= 15 is 0 Å². The van der Waals surface area contributed by atoms with Gasteiger partial charge in [0.15, 0.2) is 0 Å². The summed E-state index contributed by atoms with van der Waals surface area (Å²) < 4.78 is 0. The summed E-state index contributed by atoms with van der Waals surface area (Å²) in [4.78, 5) is 5.55. The van der Waals surface area contributed by atoms with Crippen LogP contribution in [0.3, 0.4) is 0 Å². The van der Waals surface area contributed by atoms with Gasteiger partial charge in [0.25, 0.3) is 0 Å². The van der Waals surface area contributed by atoms with Crippen LogP contribution in [0.1, 0.15) is 58.3 Å². The Morgan fingerprint density at radius 2 is 1.70 bits per heavy atom. The van der Waals surface area contributed by atoms with Gasteiger partial charge in [-0.25, -0.2) is 0 Å². The van der Waals surface area contributed by atoms with Crippen molar-refractivity contribution in [3.05, 3.63) is 0 Å². The Labute approximate surface area is 124 Å². The molecule has 114 valence electrons. The molecule has 2 heterocycles. The van der Waals surface area contributed by atoms with E-state index in [4.69, 9.17) is 0 Å². The predicted octanol–water partition coefficient (Wildman–Crippen LogP) is 3.37. The van der Waals surface area contributed by atoms with Gasteiger partial charge in [-0.05, 0) is 95.3 Å². The molecular formula is C18H32N2. The van der Waals surface area contributed by atoms with E-state index in [1.165, 1.54) is 64.8 Å². The molecule has 0 N–H and O–H groups in total. The van der Waals surface area contributed by atoms with E-state index < -0.39 is 0 Å². The molecular weight excluding hydrogens is 244 g/mol. The van der Waals surface area contributed by atoms with Gasteiger partial charge < -0.3 is 9.80 Å². The first-order valence-electron chi connectivity index (χ1n) is 9.23. The molecule has 4 fully saturated rings. The Kier molecular flexibility index (Phi) is 3.58. The Morgan fingerprint density at radius 1 is 1.00 bits per heavy atom. The molecule has 2 saturated carbocycles. The van der Waals surface area contributed by atoms with Crippen LogP contribution in [0.4, 0.5) is 0 Å². The van der Waals surface area contributed by atoms with E-state index in [1.807, 2.05) is 0 Å². The van der Waals surface area contributed by atoms with Crippen LogP contribution in [0.25, 0.3) is 0 Å². The molecule has 4 rings (SSSR count). The zero-order valence-corrected chi connectivity index (χ0v) is 13.3. The largest absolute Gasteiger partial charge is 0.303 e. The van der Waals surface area contributed by atoms with Crippen molar-refractivity contribution < 1.29 is 0 Å². The van der Waals surface area contributed by atoms with Crippen molar-refractivity contribution in [1.29, 1.82) is 0 Å². The first-order chi connectivity index (χ1) is 9.77. The Morgan fingerprint density at radius 3 is 2.25 bits per heavy atom. The minimum absolute atomic E-state index is 0.846. The van der Waals surface area contributed by atoms with Crippen LogP contribution in [-0.2, 0) is 0 Å². The molecule has 2 atom stereocenters. The van der Waals surface area contributed by atoms with Crippen molar-refractivity contribution in [2.45, 2.75) is 64.3 Å². The predicted molar refractivity (Wildman–Crippen MR) is 83.8 cm³/mol. The minimum Gasteiger partial charge on any atom is -0.303 e. The van der Waals surface area contributed by atoms with E-state index in [-0.39, 0.29) is 0 Å². The summed E-state index contributed by atoms with van der Waals surface area (Å²) in [5, 5.41) is 0. The summed E-state index contributed by atoms with van der Waals surface area (Å²) in [5.41, 5.74) is 0.875. The smallest absolute Gasteiger partial charge is 0.00961 e. The molecule has 0 unspecified atom stereocenters. The second kappa shape index (κ2) is 5.28. The highest BCUT2D eigenvalue weighted by Crippen LogP contribution is 2.65. The molecule has 0 aromatic heterocycles. The lowest BCUT2D eigenvalue weighted by Gasteiger charge is -2.39. The van der Waals surface area contributed by atoms with Gasteiger partial charge in [-0.1, -0.05) is 6.42 Å². The summed E-state index contributed by atoms with van der Waals surface area (Å²) in [5.74, 6) is 2.06. The summed E-state index contributed by atoms with van der Waals surface area (Å²) >= 11 is 0. The van der Waals surface area contributed by atoms with E-state index in [0.29, 0.717) is 0 Å². The van der Waals surface area contributed by atoms with Crippen LogP contribution in [0, 0.1) is 17.3 Å². The zero-order chi connectivity index (χ0) is 13.6. The molecule has 0 bridgehead atoms. The summed E-state index contributed by atoms with van der Waals surface area (Å²) in [6.07, 6.45) is 12.0. The van der Waals surface area contributed by atoms with Gasteiger partial charge in [0, 0.05) is 12.6 Å². The molecule has 4 aliphatic rings. The highest BCUT2D eigenvalue weighted by molar-refractivity contribution is 5.08. The van der Waals surface area contributed by atoms with E-state index in [9.17, 15) is 0 Å². The Balaban J connectivity index is 1.22. The maximum atomic E-state index is 2.80. The van der Waals surface area contributed by atoms with Crippen molar-refractivity contribution in [2.24, 2.45) is 17.3 Å². The van der Waals surface area contributed by atoms with Crippen LogP contribution >= 0.6 is 0 Å². The summed E-state index contributed by atoms with van der Waals surface area (Å²) in [6, 6.07) is 0.846. The molecule has 2 nitrogen and oxygen atoms in total. The van der Waals surface area contributed by atoms with Gasteiger partial charge in [0.05, 0.1) is 0 Å². The molecule has 2 heteroatoms. The maximum absolute atomic E-state index is 2.80. The number of hydrogen-bond donors (Lipinski definition) is 0. The molecule has 0 amide bonds. The zero-order valence-electron chi connectivity index (χ0n) is 13.3. The Hall–Kier alpha value is -0.0800. The lowest BCUT2D eigenvalue weighted by Crippen LogP contribution is -2.43. The van der Waals surface area contributed by atoms with Gasteiger partial charge in [-0.3, -0.25) is 0 Å². The van der Waals surface area contributed by atoms with Crippen LogP contribution < -0.4 is 0 Å². The van der Waals surface area contributed by atoms with E-state index in [1.54, 1.807) is 19.3 Å². The topological polar surface area (TPSA) is 6.48 Å². The normalized spacial score (nSPS) is 36.1. The molecule has 2 aliphatic carbocycles. The third-order valence-corrected chi connectivity index (χ3v) is 7.22. The highest BCUT2D eigenvalue weighted by Gasteiger charge is 2.57. The van der Waals surface area contributed by atoms with Crippen molar-refractivity contribution >= 4 is 0 Å². The van der Waals surface area contributed by atoms with Gasteiger partial charge in [0.1, 0.15) is 0 Å². The first kappa shape index (κ1) is 13.6. The third-order valence-electron chi connectivity index (χ3n) is 7.22. The van der Waals surface area contributed by atoms with Gasteiger partial charge in [-0.15, -0.1) is 0 Å². The summed E-state index contributed by atoms with van der Waals surface area (Å²) in [6.45, 7) is 9.43. The minimum atomic E-state index is 0.846. The quantitative estimate of drug-likeness (QED) is 0.777. The summed E-state index contributed by atoms with van der Waals surface area (Å²) in [7, 11) is 0. The second-order valence-electron chi connectivity index (χ2n) is 8.24. The van der Waals surface area contributed by atoms with Crippen molar-refractivity contribution in [3.8, 4) is 0 Å². The fourth-order valence-corrected chi connectivity index (χ4v) is 5.31. The standard InChI is InChI=1S/C18H32N2/c1-15(20-9-2-3-10-20)16-5-11-19(12-6-16)14-17-13-18(17)7-4-8-18/h15-17H,2-14H2,1H3/t15-,17-/m1/s1. The van der Waals surface area contributed by atoms with Gasteiger partial charge in [0.2, 0.25) is 0 Å². The van der Waals surface area contributed by atoms with Crippen molar-refractivity contribution in [3.63, 3.8) is 0 Å². The molecule has 2 saturated heterocycles. The fourth-order valence-electron chi connectivity index (χ4n) is 5.31. The van der Waals surface area contributed by atoms with E-state index in [0.717, 1.165) is 23.3 Å². The maximum Gasteiger partial charge on any atom is 0.00961 e. The molecule has 1 spiro atoms. The Bertz CT molecular complexity index is 335. The lowest BCUT2D eigenvalue weighted by molar-refractivity contribution is 0.102. The average Bonchev–Trinajstić information content (AvgIpc) is 2.92. The second-order valence-corrected chi connectivity index (χ2v) is 8.24. The van der Waals surface area contributed by atoms with Crippen LogP contribution in [0.15, 0.2) is 0 Å². The van der Waals surface area contributed by atoms with Crippen molar-refractivity contribution in [1.82, 2.24) is 9.80 Å². The fraction of sp³-hybridized carbons (Fsp3) is 1.00. The average molecular weight is 276 g/mol. The SMILES string of the molecule is C[C@H](C1CCN(C[C@H]2CC23CCC3)CC1)N1CCCC1. The monoisotopic (exact) mass is 276 g/mol. The number of likely N-dealkylation sites (tertiary alicyclic amines) is 2. The van der Waals surface area contributed by atoms with Crippen molar-refractivity contribution in [2.75, 3.05) is 32.7 Å². The number of nitrogens with zero attached hydrogens (tertiary/aromatic N) is 2.